The molecule has 2 amide bonds. The molecule has 0 saturated carbocycles. The summed E-state index contributed by atoms with van der Waals surface area (Å²) in [5, 5.41) is 12.1. The van der Waals surface area contributed by atoms with Gasteiger partial charge in [0.1, 0.15) is 12.7 Å². The summed E-state index contributed by atoms with van der Waals surface area (Å²) in [6, 6.07) is 2.42. The van der Waals surface area contributed by atoms with Crippen molar-refractivity contribution in [3.63, 3.8) is 0 Å². The number of rotatable bonds is 7. The van der Waals surface area contributed by atoms with E-state index in [1.54, 1.807) is 20.8 Å². The zero-order chi connectivity index (χ0) is 23.3. The minimum atomic E-state index is -1.36. The van der Waals surface area contributed by atoms with Crippen molar-refractivity contribution < 1.29 is 38.4 Å². The van der Waals surface area contributed by atoms with Crippen LogP contribution >= 0.6 is 0 Å². The number of terminal acetylenes is 1. The van der Waals surface area contributed by atoms with Gasteiger partial charge in [0.2, 0.25) is 0 Å². The Morgan fingerprint density at radius 1 is 1.26 bits per heavy atom. The van der Waals surface area contributed by atoms with E-state index < -0.39 is 40.1 Å². The van der Waals surface area contributed by atoms with E-state index in [4.69, 9.17) is 25.5 Å². The van der Waals surface area contributed by atoms with Crippen LogP contribution in [0, 0.1) is 27.9 Å². The van der Waals surface area contributed by atoms with E-state index in [2.05, 4.69) is 5.92 Å². The van der Waals surface area contributed by atoms with E-state index in [1.807, 2.05) is 0 Å². The van der Waals surface area contributed by atoms with E-state index in [-0.39, 0.29) is 36.5 Å². The molecule has 0 spiro atoms. The van der Waals surface area contributed by atoms with Crippen LogP contribution in [0.2, 0.25) is 0 Å². The van der Waals surface area contributed by atoms with Crippen molar-refractivity contribution in [1.29, 1.82) is 0 Å². The zero-order valence-electron chi connectivity index (χ0n) is 17.5. The van der Waals surface area contributed by atoms with Gasteiger partial charge in [0.25, 0.3) is 17.5 Å². The number of hydroxylamine groups is 2. The predicted octanol–water partition coefficient (Wildman–Crippen LogP) is 2.92. The van der Waals surface area contributed by atoms with Crippen LogP contribution in [0.5, 0.6) is 11.5 Å². The van der Waals surface area contributed by atoms with Gasteiger partial charge in [-0.1, -0.05) is 31.8 Å². The molecule has 1 aromatic rings. The first kappa shape index (κ1) is 23.5. The van der Waals surface area contributed by atoms with Crippen LogP contribution in [-0.4, -0.2) is 41.7 Å². The van der Waals surface area contributed by atoms with Crippen molar-refractivity contribution in [3.05, 3.63) is 27.8 Å². The Hall–Kier alpha value is -3.81. The Balaban J connectivity index is 2.44. The Kier molecular flexibility index (Phi) is 7.07. The maximum atomic E-state index is 12.3. The fourth-order valence-electron chi connectivity index (χ4n) is 2.88. The van der Waals surface area contributed by atoms with Gasteiger partial charge in [-0.2, -0.15) is 0 Å². The van der Waals surface area contributed by atoms with E-state index in [0.717, 1.165) is 6.07 Å². The summed E-state index contributed by atoms with van der Waals surface area (Å²) in [5.41, 5.74) is -1.26. The van der Waals surface area contributed by atoms with E-state index in [9.17, 15) is 24.5 Å². The third-order valence-corrected chi connectivity index (χ3v) is 4.28. The van der Waals surface area contributed by atoms with Crippen molar-refractivity contribution in [1.82, 2.24) is 5.06 Å². The molecule has 1 saturated heterocycles. The number of benzene rings is 1. The molecule has 11 nitrogen and oxygen atoms in total. The molecule has 1 fully saturated rings. The number of amides is 2. The predicted molar refractivity (Wildman–Crippen MR) is 105 cm³/mol. The average Bonchev–Trinajstić information content (AvgIpc) is 3.00. The second-order valence-corrected chi connectivity index (χ2v) is 7.60. The van der Waals surface area contributed by atoms with Gasteiger partial charge < -0.3 is 14.2 Å². The van der Waals surface area contributed by atoms with Crippen LogP contribution in [0.4, 0.5) is 10.5 Å². The average molecular weight is 434 g/mol. The van der Waals surface area contributed by atoms with Crippen molar-refractivity contribution in [2.45, 2.75) is 39.7 Å². The summed E-state index contributed by atoms with van der Waals surface area (Å²) >= 11 is 0. The monoisotopic (exact) mass is 434 g/mol. The summed E-state index contributed by atoms with van der Waals surface area (Å²) in [6.45, 7) is 4.89. The Morgan fingerprint density at radius 2 is 1.87 bits per heavy atom. The smallest absolute Gasteiger partial charge is 0.493 e. The highest BCUT2D eigenvalue weighted by Gasteiger charge is 2.39. The maximum absolute atomic E-state index is 12.3. The largest absolute Gasteiger partial charge is 0.534 e. The van der Waals surface area contributed by atoms with Crippen molar-refractivity contribution in [3.8, 4) is 23.8 Å². The van der Waals surface area contributed by atoms with Crippen LogP contribution in [0.3, 0.4) is 0 Å². The van der Waals surface area contributed by atoms with Crippen molar-refractivity contribution in [2.75, 3.05) is 13.7 Å². The fourth-order valence-corrected chi connectivity index (χ4v) is 2.88. The number of imide groups is 1. The number of methoxy groups -OCH3 is 1. The maximum Gasteiger partial charge on any atom is 0.534 e. The fraction of sp³-hybridized carbons (Fsp3) is 0.450. The second kappa shape index (κ2) is 9.34. The first-order valence-corrected chi connectivity index (χ1v) is 9.16. The van der Waals surface area contributed by atoms with Gasteiger partial charge in [-0.05, 0) is 6.07 Å². The lowest BCUT2D eigenvalue weighted by Crippen LogP contribution is -2.34. The third-order valence-electron chi connectivity index (χ3n) is 4.28. The molecule has 31 heavy (non-hydrogen) atoms. The van der Waals surface area contributed by atoms with Crippen molar-refractivity contribution >= 4 is 23.7 Å². The molecule has 1 aromatic carbocycles. The Labute approximate surface area is 178 Å². The number of hydrogen-bond donors (Lipinski definition) is 0. The molecule has 2 rings (SSSR count). The van der Waals surface area contributed by atoms with E-state index in [1.165, 1.54) is 13.2 Å². The summed E-state index contributed by atoms with van der Waals surface area (Å²) in [6.07, 6.45) is 2.43. The summed E-state index contributed by atoms with van der Waals surface area (Å²) < 4.78 is 15.9. The molecular formula is C20H22N2O9. The van der Waals surface area contributed by atoms with Crippen LogP contribution in [0.1, 0.15) is 45.3 Å². The number of carbonyl (C=O) groups is 3. The highest BCUT2D eigenvalue weighted by molar-refractivity contribution is 6.01. The van der Waals surface area contributed by atoms with Gasteiger partial charge in [0.15, 0.2) is 11.5 Å². The number of nitro groups is 1. The molecular weight excluding hydrogens is 412 g/mol. The lowest BCUT2D eigenvalue weighted by Gasteiger charge is -2.30. The van der Waals surface area contributed by atoms with Gasteiger partial charge in [-0.3, -0.25) is 24.5 Å². The molecule has 1 heterocycles. The highest BCUT2D eigenvalue weighted by atomic mass is 16.8. The van der Waals surface area contributed by atoms with Gasteiger partial charge in [0, 0.05) is 18.3 Å². The van der Waals surface area contributed by atoms with Crippen LogP contribution in [0.15, 0.2) is 12.1 Å². The first-order valence-electron chi connectivity index (χ1n) is 9.16. The molecule has 0 N–H and O–H groups in total. The standard InChI is InChI=1S/C20H22N2O9/c1-6-9-29-15-11-13(22(26)27)12(10-14(15)28-5)18(20(2,3)4)30-19(25)31-21-16(23)7-8-17(21)24/h1,10-11,18H,7-9H2,2-5H3. The molecule has 166 valence electrons. The quantitative estimate of drug-likeness (QED) is 0.209. The third kappa shape index (κ3) is 5.42. The van der Waals surface area contributed by atoms with Gasteiger partial charge in [0.05, 0.1) is 23.7 Å². The van der Waals surface area contributed by atoms with Crippen LogP contribution in [-0.2, 0) is 19.2 Å². The molecule has 0 aliphatic carbocycles. The molecule has 1 aliphatic rings. The molecule has 0 bridgehead atoms. The molecule has 1 unspecified atom stereocenters. The van der Waals surface area contributed by atoms with E-state index >= 15 is 0 Å². The number of hydrogen-bond acceptors (Lipinski definition) is 9. The normalized spacial score (nSPS) is 14.6. The number of carbonyl (C=O) groups excluding carboxylic acids is 3. The van der Waals surface area contributed by atoms with Gasteiger partial charge in [-0.15, -0.1) is 6.42 Å². The lowest BCUT2D eigenvalue weighted by molar-refractivity contribution is -0.386. The van der Waals surface area contributed by atoms with E-state index in [0.29, 0.717) is 5.06 Å². The molecule has 1 aliphatic heterocycles. The minimum Gasteiger partial charge on any atom is -0.493 e. The van der Waals surface area contributed by atoms with Gasteiger partial charge >= 0.3 is 6.16 Å². The summed E-state index contributed by atoms with van der Waals surface area (Å²) in [7, 11) is 1.33. The van der Waals surface area contributed by atoms with Crippen LogP contribution in [0.25, 0.3) is 0 Å². The molecule has 0 aromatic heterocycles. The minimum absolute atomic E-state index is 0.00145. The topological polar surface area (TPSA) is 135 Å². The molecule has 0 radical (unpaired) electrons. The second-order valence-electron chi connectivity index (χ2n) is 7.60. The number of nitro benzene ring substituents is 1. The SMILES string of the molecule is C#CCOc1cc([N+](=O)[O-])c(C(OC(=O)ON2C(=O)CCC2=O)C(C)(C)C)cc1OC. The Bertz CT molecular complexity index is 927. The van der Waals surface area contributed by atoms with Gasteiger partial charge in [-0.25, -0.2) is 4.79 Å². The van der Waals surface area contributed by atoms with Crippen LogP contribution < -0.4 is 9.47 Å². The first-order chi connectivity index (χ1) is 14.5. The number of nitrogens with zero attached hydrogens (tertiary/aromatic N) is 2. The molecule has 1 atom stereocenters. The highest BCUT2D eigenvalue weighted by Crippen LogP contribution is 2.45. The molecule has 11 heteroatoms. The lowest BCUT2D eigenvalue weighted by atomic mass is 9.83. The number of ether oxygens (including phenoxy) is 3. The summed E-state index contributed by atoms with van der Waals surface area (Å²) in [5.74, 6) is 1.06. The Morgan fingerprint density at radius 3 is 2.35 bits per heavy atom. The zero-order valence-corrected chi connectivity index (χ0v) is 17.5. The van der Waals surface area contributed by atoms with Crippen molar-refractivity contribution in [2.24, 2.45) is 5.41 Å². The summed E-state index contributed by atoms with van der Waals surface area (Å²) in [4.78, 5) is 51.5.